The van der Waals surface area contributed by atoms with Crippen molar-refractivity contribution in [2.75, 3.05) is 25.0 Å². The van der Waals surface area contributed by atoms with Gasteiger partial charge in [0.05, 0.1) is 11.7 Å². The highest BCUT2D eigenvalue weighted by molar-refractivity contribution is 9.11. The normalized spacial score (nSPS) is 18.6. The molecule has 28 heavy (non-hydrogen) atoms. The molecule has 2 aliphatic heterocycles. The molecule has 9 heteroatoms. The number of benzene rings is 2. The highest BCUT2D eigenvalue weighted by Crippen LogP contribution is 2.34. The molecule has 0 aromatic heterocycles. The molecule has 2 heterocycles. The minimum absolute atomic E-state index is 0.00851. The molecule has 5 nitrogen and oxygen atoms in total. The second kappa shape index (κ2) is 7.44. The van der Waals surface area contributed by atoms with Crippen LogP contribution in [0, 0.1) is 11.6 Å². The third-order valence-electron chi connectivity index (χ3n) is 5.03. The Morgan fingerprint density at radius 2 is 1.96 bits per heavy atom. The van der Waals surface area contributed by atoms with Crippen LogP contribution in [0.15, 0.2) is 39.3 Å². The minimum atomic E-state index is -0.599. The Bertz CT molecular complexity index is 963. The summed E-state index contributed by atoms with van der Waals surface area (Å²) in [5.74, 6) is -1.10. The topological polar surface area (TPSA) is 52.7 Å². The molecule has 146 valence electrons. The van der Waals surface area contributed by atoms with Gasteiger partial charge in [0.25, 0.3) is 0 Å². The molecular formula is C19H15Br2F2N3O2. The van der Waals surface area contributed by atoms with Gasteiger partial charge >= 0.3 is 6.03 Å². The van der Waals surface area contributed by atoms with Crippen molar-refractivity contribution < 1.29 is 18.4 Å². The van der Waals surface area contributed by atoms with Crippen LogP contribution in [-0.4, -0.2) is 41.4 Å². The second-order valence-electron chi connectivity index (χ2n) is 6.75. The lowest BCUT2D eigenvalue weighted by Gasteiger charge is -2.44. The number of amides is 3. The van der Waals surface area contributed by atoms with E-state index in [4.69, 9.17) is 0 Å². The molecule has 0 radical (unpaired) electrons. The number of nitrogens with one attached hydrogen (secondary N) is 1. The van der Waals surface area contributed by atoms with Crippen molar-refractivity contribution in [2.45, 2.75) is 12.5 Å². The number of hydrogen-bond donors (Lipinski definition) is 1. The summed E-state index contributed by atoms with van der Waals surface area (Å²) in [4.78, 5) is 28.4. The van der Waals surface area contributed by atoms with Gasteiger partial charge in [0.2, 0.25) is 5.91 Å². The van der Waals surface area contributed by atoms with Crippen LogP contribution in [0.2, 0.25) is 0 Å². The highest BCUT2D eigenvalue weighted by Gasteiger charge is 2.38. The van der Waals surface area contributed by atoms with Gasteiger partial charge < -0.3 is 15.1 Å². The zero-order chi connectivity index (χ0) is 20.0. The summed E-state index contributed by atoms with van der Waals surface area (Å²) < 4.78 is 28.7. The fraction of sp³-hybridized carbons (Fsp3) is 0.263. The number of halogens is 4. The maximum atomic E-state index is 14.2. The van der Waals surface area contributed by atoms with Crippen molar-refractivity contribution in [1.82, 2.24) is 9.80 Å². The summed E-state index contributed by atoms with van der Waals surface area (Å²) in [7, 11) is 0. The molecule has 1 N–H and O–H groups in total. The Labute approximate surface area is 176 Å². The van der Waals surface area contributed by atoms with E-state index >= 15 is 0 Å². The monoisotopic (exact) mass is 513 g/mol. The Hall–Kier alpha value is -2.00. The first kappa shape index (κ1) is 19.3. The van der Waals surface area contributed by atoms with Crippen LogP contribution >= 0.6 is 31.9 Å². The lowest BCUT2D eigenvalue weighted by Crippen LogP contribution is -2.56. The van der Waals surface area contributed by atoms with Crippen molar-refractivity contribution in [3.8, 4) is 0 Å². The standard InChI is InChI=1S/C19H15Br2F2N3O2/c20-11-6-14(21)18(15(23)7-11)24-19(28)25-8-16-13-2-1-12(22)5-10(13)3-4-26(16)17(27)9-25/h1-2,5-7,16H,3-4,8-9H2,(H,24,28). The summed E-state index contributed by atoms with van der Waals surface area (Å²) in [6.07, 6.45) is 0.582. The number of nitrogens with zero attached hydrogens (tertiary/aromatic N) is 2. The van der Waals surface area contributed by atoms with E-state index in [-0.39, 0.29) is 36.5 Å². The van der Waals surface area contributed by atoms with E-state index in [9.17, 15) is 18.4 Å². The molecule has 0 aliphatic carbocycles. The summed E-state index contributed by atoms with van der Waals surface area (Å²) in [6, 6.07) is 6.47. The Morgan fingerprint density at radius 3 is 2.71 bits per heavy atom. The van der Waals surface area contributed by atoms with Gasteiger partial charge in [-0.25, -0.2) is 13.6 Å². The van der Waals surface area contributed by atoms with Crippen molar-refractivity contribution in [2.24, 2.45) is 0 Å². The summed E-state index contributed by atoms with van der Waals surface area (Å²) in [6.45, 7) is 0.656. The fourth-order valence-electron chi connectivity index (χ4n) is 3.71. The van der Waals surface area contributed by atoms with E-state index in [1.165, 1.54) is 23.1 Å². The lowest BCUT2D eigenvalue weighted by atomic mass is 9.90. The number of hydrogen-bond acceptors (Lipinski definition) is 2. The van der Waals surface area contributed by atoms with Crippen LogP contribution in [0.25, 0.3) is 0 Å². The first-order valence-electron chi connectivity index (χ1n) is 8.62. The maximum Gasteiger partial charge on any atom is 0.322 e. The molecule has 2 aliphatic rings. The van der Waals surface area contributed by atoms with Crippen molar-refractivity contribution in [3.05, 3.63) is 62.0 Å². The van der Waals surface area contributed by atoms with Crippen molar-refractivity contribution in [1.29, 1.82) is 0 Å². The van der Waals surface area contributed by atoms with E-state index in [0.29, 0.717) is 21.9 Å². The second-order valence-corrected chi connectivity index (χ2v) is 8.52. The van der Waals surface area contributed by atoms with Crippen LogP contribution in [0.1, 0.15) is 17.2 Å². The first-order chi connectivity index (χ1) is 13.3. The zero-order valence-electron chi connectivity index (χ0n) is 14.5. The molecule has 1 unspecified atom stereocenters. The molecule has 1 atom stereocenters. The summed E-state index contributed by atoms with van der Waals surface area (Å²) >= 11 is 6.42. The SMILES string of the molecule is O=C(Nc1c(F)cc(Br)cc1Br)N1CC(=O)N2CCc3cc(F)ccc3C2C1. The number of carbonyl (C=O) groups is 2. The van der Waals surface area contributed by atoms with Crippen LogP contribution in [0.3, 0.4) is 0 Å². The Balaban J connectivity index is 1.58. The summed E-state index contributed by atoms with van der Waals surface area (Å²) in [5, 5.41) is 2.54. The largest absolute Gasteiger partial charge is 0.332 e. The molecule has 1 fully saturated rings. The van der Waals surface area contributed by atoms with E-state index in [2.05, 4.69) is 37.2 Å². The van der Waals surface area contributed by atoms with Crippen molar-refractivity contribution >= 4 is 49.5 Å². The molecule has 0 spiro atoms. The quantitative estimate of drug-likeness (QED) is 0.610. The fourth-order valence-corrected chi connectivity index (χ4v) is 4.98. The van der Waals surface area contributed by atoms with Crippen molar-refractivity contribution in [3.63, 3.8) is 0 Å². The molecule has 2 aromatic carbocycles. The van der Waals surface area contributed by atoms with Gasteiger partial charge in [0, 0.05) is 22.0 Å². The number of fused-ring (bicyclic) bond motifs is 3. The third-order valence-corrected chi connectivity index (χ3v) is 6.11. The smallest absolute Gasteiger partial charge is 0.322 e. The van der Waals surface area contributed by atoms with Gasteiger partial charge in [-0.3, -0.25) is 4.79 Å². The van der Waals surface area contributed by atoms with E-state index in [1.807, 2.05) is 0 Å². The van der Waals surface area contributed by atoms with Gasteiger partial charge in [-0.05, 0) is 57.7 Å². The van der Waals surface area contributed by atoms with E-state index < -0.39 is 11.8 Å². The van der Waals surface area contributed by atoms with Crippen LogP contribution in [0.4, 0.5) is 19.3 Å². The minimum Gasteiger partial charge on any atom is -0.332 e. The third kappa shape index (κ3) is 3.53. The van der Waals surface area contributed by atoms with Gasteiger partial charge in [-0.1, -0.05) is 22.0 Å². The zero-order valence-corrected chi connectivity index (χ0v) is 17.7. The molecular weight excluding hydrogens is 500 g/mol. The van der Waals surface area contributed by atoms with Gasteiger partial charge in [-0.15, -0.1) is 0 Å². The molecule has 1 saturated heterocycles. The highest BCUT2D eigenvalue weighted by atomic mass is 79.9. The molecule has 2 aromatic rings. The number of piperazine rings is 1. The van der Waals surface area contributed by atoms with Gasteiger partial charge in [0.15, 0.2) is 0 Å². The Kier molecular flexibility index (Phi) is 5.13. The predicted octanol–water partition coefficient (Wildman–Crippen LogP) is 4.46. The van der Waals surface area contributed by atoms with Crippen LogP contribution < -0.4 is 5.32 Å². The van der Waals surface area contributed by atoms with Crippen LogP contribution in [-0.2, 0) is 11.2 Å². The average molecular weight is 515 g/mol. The lowest BCUT2D eigenvalue weighted by molar-refractivity contribution is -0.139. The number of urea groups is 1. The van der Waals surface area contributed by atoms with E-state index in [0.717, 1.165) is 11.1 Å². The maximum absolute atomic E-state index is 14.2. The van der Waals surface area contributed by atoms with Gasteiger partial charge in [0.1, 0.15) is 18.2 Å². The summed E-state index contributed by atoms with van der Waals surface area (Å²) in [5.41, 5.74) is 1.70. The molecule has 0 saturated carbocycles. The molecule has 3 amide bonds. The van der Waals surface area contributed by atoms with Crippen LogP contribution in [0.5, 0.6) is 0 Å². The van der Waals surface area contributed by atoms with Gasteiger partial charge in [-0.2, -0.15) is 0 Å². The molecule has 0 bridgehead atoms. The van der Waals surface area contributed by atoms with E-state index in [1.54, 1.807) is 17.0 Å². The number of anilines is 1. The number of rotatable bonds is 1. The molecule has 4 rings (SSSR count). The number of carbonyl (C=O) groups excluding carboxylic acids is 2. The first-order valence-corrected chi connectivity index (χ1v) is 10.2. The Morgan fingerprint density at radius 1 is 1.18 bits per heavy atom. The predicted molar refractivity (Wildman–Crippen MR) is 107 cm³/mol. The average Bonchev–Trinajstić information content (AvgIpc) is 2.63.